The second-order valence-electron chi connectivity index (χ2n) is 3.92. The van der Waals surface area contributed by atoms with Crippen molar-refractivity contribution in [1.29, 1.82) is 0 Å². The molecule has 0 N–H and O–H groups in total. The van der Waals surface area contributed by atoms with E-state index >= 15 is 0 Å². The molecule has 0 aromatic heterocycles. The molecule has 0 aromatic carbocycles. The van der Waals surface area contributed by atoms with Crippen molar-refractivity contribution in [3.63, 3.8) is 0 Å². The Morgan fingerprint density at radius 2 is 2.19 bits per heavy atom. The third kappa shape index (κ3) is 4.95. The van der Waals surface area contributed by atoms with Crippen LogP contribution in [0.25, 0.3) is 0 Å². The van der Waals surface area contributed by atoms with Gasteiger partial charge in [0.05, 0.1) is 26.6 Å². The monoisotopic (exact) mass is 248 g/mol. The summed E-state index contributed by atoms with van der Waals surface area (Å²) in [7, 11) is 0.472. The van der Waals surface area contributed by atoms with Gasteiger partial charge in [-0.05, 0) is 20.3 Å². The van der Waals surface area contributed by atoms with Gasteiger partial charge in [0, 0.05) is 6.00 Å². The van der Waals surface area contributed by atoms with Crippen LogP contribution in [0.4, 0.5) is 0 Å². The van der Waals surface area contributed by atoms with Gasteiger partial charge in [0.15, 0.2) is 0 Å². The van der Waals surface area contributed by atoms with Crippen LogP contribution in [0.2, 0.25) is 0 Å². The average molecular weight is 248 g/mol. The van der Waals surface area contributed by atoms with E-state index in [1.807, 2.05) is 13.8 Å². The molecule has 6 nitrogen and oxygen atoms in total. The molecule has 0 aromatic rings. The summed E-state index contributed by atoms with van der Waals surface area (Å²) in [5, 5.41) is 0. The lowest BCUT2D eigenvalue weighted by atomic mass is 9.96. The van der Waals surface area contributed by atoms with Gasteiger partial charge in [0.25, 0.3) is 0 Å². The molecule has 1 aliphatic rings. The van der Waals surface area contributed by atoms with Gasteiger partial charge in [-0.3, -0.25) is 0 Å². The molecule has 0 saturated carbocycles. The quantitative estimate of drug-likeness (QED) is 0.453. The number of phosphoric ester groups is 1. The zero-order chi connectivity index (χ0) is 12.3. The molecule has 0 aliphatic carbocycles. The molecule has 8 heteroatoms. The van der Waals surface area contributed by atoms with Crippen molar-refractivity contribution >= 4 is 15.7 Å². The van der Waals surface area contributed by atoms with E-state index in [2.05, 4.69) is 4.52 Å². The van der Waals surface area contributed by atoms with E-state index in [1.54, 1.807) is 0 Å². The van der Waals surface area contributed by atoms with E-state index in [1.165, 1.54) is 0 Å². The van der Waals surface area contributed by atoms with Crippen molar-refractivity contribution in [1.82, 2.24) is 0 Å². The molecule has 3 atom stereocenters. The van der Waals surface area contributed by atoms with E-state index in [0.29, 0.717) is 0 Å². The molecule has 1 fully saturated rings. The van der Waals surface area contributed by atoms with Crippen LogP contribution in [0.3, 0.4) is 0 Å². The predicted octanol–water partition coefficient (Wildman–Crippen LogP) is -1.09. The lowest BCUT2D eigenvalue weighted by Crippen LogP contribution is -2.32. The number of hydrogen-bond donors (Lipinski definition) is 0. The number of ether oxygens (including phenoxy) is 2. The third-order valence-corrected chi connectivity index (χ3v) is 2.62. The summed E-state index contributed by atoms with van der Waals surface area (Å²) in [5.41, 5.74) is 0. The Hall–Kier alpha value is 0.0949. The van der Waals surface area contributed by atoms with Gasteiger partial charge in [0.1, 0.15) is 14.0 Å². The van der Waals surface area contributed by atoms with Crippen LogP contribution in [-0.4, -0.2) is 38.8 Å². The summed E-state index contributed by atoms with van der Waals surface area (Å²) in [6, 6.07) is -0.627. The Morgan fingerprint density at radius 3 is 2.69 bits per heavy atom. The molecule has 0 amide bonds. The van der Waals surface area contributed by atoms with E-state index in [9.17, 15) is 14.4 Å². The molecule has 1 unspecified atom stereocenters. The van der Waals surface area contributed by atoms with Crippen molar-refractivity contribution in [3.8, 4) is 0 Å². The highest BCUT2D eigenvalue weighted by Crippen LogP contribution is 2.34. The zero-order valence-corrected chi connectivity index (χ0v) is 10.1. The summed E-state index contributed by atoms with van der Waals surface area (Å²) in [5.74, 6) is 0. The van der Waals surface area contributed by atoms with Crippen LogP contribution in [-0.2, 0) is 18.6 Å². The molecule has 92 valence electrons. The van der Waals surface area contributed by atoms with Crippen LogP contribution in [0.1, 0.15) is 20.3 Å². The Bertz CT molecular complexity index is 267. The molecule has 1 aliphatic heterocycles. The molecule has 1 rings (SSSR count). The molecule has 1 saturated heterocycles. The van der Waals surface area contributed by atoms with Crippen LogP contribution >= 0.6 is 7.82 Å². The van der Waals surface area contributed by atoms with Crippen LogP contribution in [0.5, 0.6) is 0 Å². The van der Waals surface area contributed by atoms with Gasteiger partial charge in [-0.25, -0.2) is 0 Å². The van der Waals surface area contributed by atoms with Gasteiger partial charge in [0.2, 0.25) is 0 Å². The van der Waals surface area contributed by atoms with Crippen molar-refractivity contribution in [2.24, 2.45) is 0 Å². The smallest absolute Gasteiger partial charge is 0.109 e. The first-order valence-electron chi connectivity index (χ1n) is 5.01. The Kier molecular flexibility index (Phi) is 4.97. The fourth-order valence-electron chi connectivity index (χ4n) is 1.46. The Labute approximate surface area is 95.9 Å². The second kappa shape index (κ2) is 5.62. The maximum Gasteiger partial charge on any atom is 0.109 e. The highest BCUT2D eigenvalue weighted by Gasteiger charge is 2.34. The normalized spacial score (nSPS) is 31.2. The van der Waals surface area contributed by atoms with Crippen molar-refractivity contribution in [2.45, 2.75) is 44.6 Å². The van der Waals surface area contributed by atoms with Crippen molar-refractivity contribution in [3.05, 3.63) is 0 Å². The van der Waals surface area contributed by atoms with Crippen molar-refractivity contribution in [2.75, 3.05) is 6.61 Å². The maximum atomic E-state index is 10.5. The zero-order valence-electron chi connectivity index (χ0n) is 9.20. The summed E-state index contributed by atoms with van der Waals surface area (Å²) < 4.78 is 25.3. The summed E-state index contributed by atoms with van der Waals surface area (Å²) in [6.07, 6.45) is -1.32. The Balaban J connectivity index is 2.49. The molecule has 2 radical (unpaired) electrons. The third-order valence-electron chi connectivity index (χ3n) is 2.09. The van der Waals surface area contributed by atoms with Crippen LogP contribution in [0.15, 0.2) is 0 Å². The lowest BCUT2D eigenvalue weighted by molar-refractivity contribution is -0.345. The standard InChI is InChI=1S/C8H16BO6P/c1-5(2)13-4-7-6(3-8(9)14-7)15-16(10,11)12/h5-8H,3-4H2,1-2H3,(H2,10,11,12)/p-2/t6?,7-,8-/m1/s1. The lowest BCUT2D eigenvalue weighted by Gasteiger charge is -2.33. The maximum absolute atomic E-state index is 10.5. The molecule has 0 spiro atoms. The second-order valence-corrected chi connectivity index (χ2v) is 5.03. The highest BCUT2D eigenvalue weighted by molar-refractivity contribution is 7.43. The summed E-state index contributed by atoms with van der Waals surface area (Å²) in [4.78, 5) is 21.0. The van der Waals surface area contributed by atoms with Crippen molar-refractivity contribution < 1.29 is 28.3 Å². The molecule has 1 heterocycles. The molecular weight excluding hydrogens is 234 g/mol. The van der Waals surface area contributed by atoms with E-state index in [-0.39, 0.29) is 19.1 Å². The van der Waals surface area contributed by atoms with Gasteiger partial charge < -0.3 is 28.3 Å². The van der Waals surface area contributed by atoms with Gasteiger partial charge in [-0.2, -0.15) is 0 Å². The Morgan fingerprint density at radius 1 is 1.56 bits per heavy atom. The minimum Gasteiger partial charge on any atom is -0.790 e. The molecule has 0 bridgehead atoms. The average Bonchev–Trinajstić information content (AvgIpc) is 2.39. The highest BCUT2D eigenvalue weighted by atomic mass is 31.2. The predicted molar refractivity (Wildman–Crippen MR) is 52.6 cm³/mol. The van der Waals surface area contributed by atoms with E-state index in [0.717, 1.165) is 0 Å². The van der Waals surface area contributed by atoms with Crippen LogP contribution in [0, 0.1) is 0 Å². The largest absolute Gasteiger partial charge is 0.790 e. The SMILES string of the molecule is [B][C@H]1CC(OP(=O)([O-])[O-])[C@@H](COC(C)C)O1. The first-order chi connectivity index (χ1) is 7.28. The number of rotatable bonds is 5. The fourth-order valence-corrected chi connectivity index (χ4v) is 2.01. The number of phosphoric acid groups is 1. The minimum absolute atomic E-state index is 0.0209. The molecule has 16 heavy (non-hydrogen) atoms. The molecular formula is C8H14BO6P-2. The first-order valence-corrected chi connectivity index (χ1v) is 6.47. The van der Waals surface area contributed by atoms with Crippen LogP contribution < -0.4 is 9.79 Å². The number of hydrogen-bond acceptors (Lipinski definition) is 6. The first kappa shape index (κ1) is 14.2. The van der Waals surface area contributed by atoms with E-state index in [4.69, 9.17) is 17.3 Å². The van der Waals surface area contributed by atoms with Gasteiger partial charge in [-0.1, -0.05) is 0 Å². The van der Waals surface area contributed by atoms with Gasteiger partial charge >= 0.3 is 0 Å². The summed E-state index contributed by atoms with van der Waals surface area (Å²) in [6.45, 7) is 3.81. The minimum atomic E-state index is -5.02. The fraction of sp³-hybridized carbons (Fsp3) is 1.00. The van der Waals surface area contributed by atoms with E-state index < -0.39 is 26.0 Å². The van der Waals surface area contributed by atoms with Gasteiger partial charge in [-0.15, -0.1) is 0 Å². The topological polar surface area (TPSA) is 90.9 Å². The summed E-state index contributed by atoms with van der Waals surface area (Å²) >= 11 is 0.